The van der Waals surface area contributed by atoms with Crippen molar-refractivity contribution < 1.29 is 23.9 Å². The molecule has 1 N–H and O–H groups in total. The lowest BCUT2D eigenvalue weighted by Crippen LogP contribution is -2.54. The molecule has 1 aliphatic heterocycles. The summed E-state index contributed by atoms with van der Waals surface area (Å²) >= 11 is 6.94. The van der Waals surface area contributed by atoms with Gasteiger partial charge in [0.05, 0.1) is 12.3 Å². The van der Waals surface area contributed by atoms with E-state index < -0.39 is 17.8 Å². The van der Waals surface area contributed by atoms with Crippen LogP contribution in [-0.4, -0.2) is 24.5 Å². The van der Waals surface area contributed by atoms with Crippen LogP contribution in [0.15, 0.2) is 81.2 Å². The van der Waals surface area contributed by atoms with Gasteiger partial charge in [0.1, 0.15) is 23.7 Å². The second kappa shape index (κ2) is 10.9. The number of carbonyl (C=O) groups excluding carboxylic acids is 3. The Labute approximate surface area is 219 Å². The van der Waals surface area contributed by atoms with Crippen LogP contribution >= 0.6 is 31.9 Å². The number of nitrogens with zero attached hydrogens (tertiary/aromatic N) is 1. The molecule has 3 aromatic carbocycles. The molecule has 0 unspecified atom stereocenters. The second-order valence-corrected chi connectivity index (χ2v) is 9.25. The zero-order valence-electron chi connectivity index (χ0n) is 18.6. The van der Waals surface area contributed by atoms with E-state index >= 15 is 0 Å². The number of imide groups is 2. The summed E-state index contributed by atoms with van der Waals surface area (Å²) in [5, 5.41) is 2.22. The molecule has 9 heteroatoms. The van der Waals surface area contributed by atoms with Crippen molar-refractivity contribution in [2.75, 3.05) is 11.5 Å². The molecular weight excluding hydrogens is 580 g/mol. The number of hydrogen-bond acceptors (Lipinski definition) is 5. The van der Waals surface area contributed by atoms with Gasteiger partial charge in [-0.3, -0.25) is 14.9 Å². The quantitative estimate of drug-likeness (QED) is 0.272. The highest BCUT2D eigenvalue weighted by atomic mass is 79.9. The van der Waals surface area contributed by atoms with Crippen LogP contribution in [0.5, 0.6) is 11.5 Å². The topological polar surface area (TPSA) is 84.9 Å². The Morgan fingerprint density at radius 2 is 1.54 bits per heavy atom. The minimum Gasteiger partial charge on any atom is -0.494 e. The number of urea groups is 1. The molecule has 0 aliphatic carbocycles. The Morgan fingerprint density at radius 1 is 0.886 bits per heavy atom. The van der Waals surface area contributed by atoms with Gasteiger partial charge in [0, 0.05) is 14.5 Å². The lowest BCUT2D eigenvalue weighted by molar-refractivity contribution is -0.122. The molecule has 1 heterocycles. The number of carbonyl (C=O) groups is 3. The first kappa shape index (κ1) is 24.7. The van der Waals surface area contributed by atoms with Crippen molar-refractivity contribution >= 4 is 61.5 Å². The summed E-state index contributed by atoms with van der Waals surface area (Å²) in [4.78, 5) is 38.8. The highest BCUT2D eigenvalue weighted by Gasteiger charge is 2.36. The van der Waals surface area contributed by atoms with Gasteiger partial charge in [-0.15, -0.1) is 0 Å². The molecule has 4 amide bonds. The third-order valence-corrected chi connectivity index (χ3v) is 6.34. The third-order valence-electron chi connectivity index (χ3n) is 5.11. The van der Waals surface area contributed by atoms with Crippen molar-refractivity contribution in [1.82, 2.24) is 5.32 Å². The zero-order chi connectivity index (χ0) is 24.9. The molecule has 35 heavy (non-hydrogen) atoms. The van der Waals surface area contributed by atoms with Crippen LogP contribution in [0.1, 0.15) is 18.1 Å². The molecule has 178 valence electrons. The van der Waals surface area contributed by atoms with Crippen molar-refractivity contribution in [2.24, 2.45) is 0 Å². The number of amides is 4. The van der Waals surface area contributed by atoms with Crippen LogP contribution in [0.3, 0.4) is 0 Å². The van der Waals surface area contributed by atoms with Crippen LogP contribution < -0.4 is 19.7 Å². The van der Waals surface area contributed by atoms with E-state index in [1.54, 1.807) is 48.5 Å². The Hall–Kier alpha value is -3.43. The number of hydrogen-bond donors (Lipinski definition) is 1. The standard InChI is InChI=1S/C26H20Br2N2O5/c1-2-34-20-11-7-19(8-12-20)30-25(32)22(24(31)29-26(30)33)13-16-3-9-21(10-4-16)35-15-17-5-6-18(27)14-23(17)28/h3-14H,2,15H2,1H3,(H,29,31,33)/b22-13+. The predicted molar refractivity (Wildman–Crippen MR) is 139 cm³/mol. The highest BCUT2D eigenvalue weighted by Crippen LogP contribution is 2.26. The van der Waals surface area contributed by atoms with E-state index in [4.69, 9.17) is 9.47 Å². The van der Waals surface area contributed by atoms with Gasteiger partial charge < -0.3 is 9.47 Å². The summed E-state index contributed by atoms with van der Waals surface area (Å²) in [7, 11) is 0. The number of rotatable bonds is 7. The van der Waals surface area contributed by atoms with E-state index in [-0.39, 0.29) is 5.57 Å². The Morgan fingerprint density at radius 3 is 2.20 bits per heavy atom. The first-order chi connectivity index (χ1) is 16.9. The maximum absolute atomic E-state index is 13.1. The molecule has 0 spiro atoms. The van der Waals surface area contributed by atoms with Gasteiger partial charge in [-0.1, -0.05) is 50.1 Å². The fourth-order valence-electron chi connectivity index (χ4n) is 3.38. The van der Waals surface area contributed by atoms with Gasteiger partial charge in [0.15, 0.2) is 0 Å². The Balaban J connectivity index is 1.49. The van der Waals surface area contributed by atoms with Crippen molar-refractivity contribution in [3.8, 4) is 11.5 Å². The smallest absolute Gasteiger partial charge is 0.335 e. The van der Waals surface area contributed by atoms with Crippen molar-refractivity contribution in [2.45, 2.75) is 13.5 Å². The minimum absolute atomic E-state index is 0.147. The Bertz CT molecular complexity index is 1300. The van der Waals surface area contributed by atoms with E-state index in [2.05, 4.69) is 37.2 Å². The van der Waals surface area contributed by atoms with Crippen molar-refractivity contribution in [3.63, 3.8) is 0 Å². The highest BCUT2D eigenvalue weighted by molar-refractivity contribution is 9.11. The van der Waals surface area contributed by atoms with Gasteiger partial charge in [0.25, 0.3) is 11.8 Å². The van der Waals surface area contributed by atoms with E-state index in [0.717, 1.165) is 19.4 Å². The van der Waals surface area contributed by atoms with Crippen molar-refractivity contribution in [1.29, 1.82) is 0 Å². The van der Waals surface area contributed by atoms with E-state index in [9.17, 15) is 14.4 Å². The number of halogens is 2. The zero-order valence-corrected chi connectivity index (χ0v) is 21.8. The minimum atomic E-state index is -0.802. The SMILES string of the molecule is CCOc1ccc(N2C(=O)NC(=O)/C(=C\c3ccc(OCc4ccc(Br)cc4Br)cc3)C2=O)cc1. The fourth-order valence-corrected chi connectivity index (χ4v) is 4.54. The molecule has 0 saturated carbocycles. The maximum Gasteiger partial charge on any atom is 0.335 e. The van der Waals surface area contributed by atoms with Crippen molar-refractivity contribution in [3.05, 3.63) is 92.4 Å². The maximum atomic E-state index is 13.1. The van der Waals surface area contributed by atoms with E-state index in [1.165, 1.54) is 6.08 Å². The fraction of sp³-hybridized carbons (Fsp3) is 0.115. The van der Waals surface area contributed by atoms with Crippen LogP contribution in [0.2, 0.25) is 0 Å². The first-order valence-electron chi connectivity index (χ1n) is 10.7. The van der Waals surface area contributed by atoms with Gasteiger partial charge in [0.2, 0.25) is 0 Å². The predicted octanol–water partition coefficient (Wildman–Crippen LogP) is 5.86. The van der Waals surface area contributed by atoms with Crippen LogP contribution in [0, 0.1) is 0 Å². The number of anilines is 1. The average molecular weight is 600 g/mol. The molecule has 7 nitrogen and oxygen atoms in total. The first-order valence-corrected chi connectivity index (χ1v) is 12.3. The largest absolute Gasteiger partial charge is 0.494 e. The molecule has 0 radical (unpaired) electrons. The number of ether oxygens (including phenoxy) is 2. The summed E-state index contributed by atoms with van der Waals surface area (Å²) in [6, 6.07) is 18.5. The van der Waals surface area contributed by atoms with Gasteiger partial charge in [-0.05, 0) is 67.1 Å². The lowest BCUT2D eigenvalue weighted by Gasteiger charge is -2.26. The summed E-state index contributed by atoms with van der Waals surface area (Å²) in [5.41, 5.74) is 1.78. The second-order valence-electron chi connectivity index (χ2n) is 7.48. The molecule has 3 aromatic rings. The van der Waals surface area contributed by atoms with E-state index in [1.807, 2.05) is 25.1 Å². The third kappa shape index (κ3) is 5.80. The van der Waals surface area contributed by atoms with Gasteiger partial charge >= 0.3 is 6.03 Å². The monoisotopic (exact) mass is 598 g/mol. The Kier molecular flexibility index (Phi) is 7.67. The molecule has 0 atom stereocenters. The number of nitrogens with one attached hydrogen (secondary N) is 1. The molecule has 4 rings (SSSR count). The summed E-state index contributed by atoms with van der Waals surface area (Å²) < 4.78 is 13.1. The normalized spacial score (nSPS) is 14.8. The van der Waals surface area contributed by atoms with Gasteiger partial charge in [-0.25, -0.2) is 9.69 Å². The number of benzene rings is 3. The molecule has 0 aromatic heterocycles. The summed E-state index contributed by atoms with van der Waals surface area (Å²) in [6.07, 6.45) is 1.45. The van der Waals surface area contributed by atoms with Gasteiger partial charge in [-0.2, -0.15) is 0 Å². The lowest BCUT2D eigenvalue weighted by atomic mass is 10.1. The molecule has 1 aliphatic rings. The van der Waals surface area contributed by atoms with Crippen LogP contribution in [-0.2, 0) is 16.2 Å². The van der Waals surface area contributed by atoms with Crippen LogP contribution in [0.4, 0.5) is 10.5 Å². The molecular formula is C26H20Br2N2O5. The van der Waals surface area contributed by atoms with E-state index in [0.29, 0.717) is 36.0 Å². The summed E-state index contributed by atoms with van der Waals surface area (Å²) in [5.74, 6) is -0.207. The summed E-state index contributed by atoms with van der Waals surface area (Å²) in [6.45, 7) is 2.72. The number of barbiturate groups is 1. The average Bonchev–Trinajstić information content (AvgIpc) is 2.83. The molecule has 0 bridgehead atoms. The molecule has 1 saturated heterocycles. The molecule has 1 fully saturated rings. The van der Waals surface area contributed by atoms with Crippen LogP contribution in [0.25, 0.3) is 6.08 Å².